The van der Waals surface area contributed by atoms with Crippen LogP contribution < -0.4 is 10.1 Å². The van der Waals surface area contributed by atoms with E-state index in [-0.39, 0.29) is 11.9 Å². The number of rotatable bonds is 3. The molecule has 1 saturated heterocycles. The van der Waals surface area contributed by atoms with Crippen LogP contribution in [0, 0.1) is 5.92 Å². The van der Waals surface area contributed by atoms with Crippen LogP contribution in [-0.4, -0.2) is 46.7 Å². The number of hydrogen-bond donors (Lipinski definition) is 1. The fourth-order valence-electron chi connectivity index (χ4n) is 3.13. The number of fused-ring (bicyclic) bond motifs is 1. The summed E-state index contributed by atoms with van der Waals surface area (Å²) in [4.78, 5) is 31.0. The number of nitrogens with one attached hydrogen (secondary N) is 1. The van der Waals surface area contributed by atoms with Gasteiger partial charge in [0.05, 0.1) is 7.11 Å². The van der Waals surface area contributed by atoms with Crippen LogP contribution in [0.15, 0.2) is 16.7 Å². The Morgan fingerprint density at radius 1 is 1.32 bits per heavy atom. The van der Waals surface area contributed by atoms with Gasteiger partial charge in [-0.15, -0.1) is 0 Å². The summed E-state index contributed by atoms with van der Waals surface area (Å²) in [6, 6.07) is 2.91. The van der Waals surface area contributed by atoms with Gasteiger partial charge in [0.25, 0.3) is 0 Å². The zero-order valence-corrected chi connectivity index (χ0v) is 16.3. The molecule has 3 atom stereocenters. The first-order chi connectivity index (χ1) is 11.7. The maximum absolute atomic E-state index is 12.7. The predicted octanol–water partition coefficient (Wildman–Crippen LogP) is 3.19. The smallest absolute Gasteiger partial charge is 0.411 e. The number of anilines is 1. The highest BCUT2D eigenvalue weighted by molar-refractivity contribution is 9.10. The van der Waals surface area contributed by atoms with Gasteiger partial charge in [-0.05, 0) is 55.5 Å². The van der Waals surface area contributed by atoms with Crippen LogP contribution in [0.5, 0.6) is 5.75 Å². The van der Waals surface area contributed by atoms with Gasteiger partial charge in [0.2, 0.25) is 5.91 Å². The van der Waals surface area contributed by atoms with Crippen molar-refractivity contribution >= 4 is 33.7 Å². The average molecular weight is 412 g/mol. The SMILES string of the molecule is COc1cc(Br)nc(NC(=O)[C@@H]2C[C@H]3C[C@H]3N2C(=O)OC(C)(C)C)c1. The molecule has 0 radical (unpaired) electrons. The van der Waals surface area contributed by atoms with Crippen molar-refractivity contribution in [1.29, 1.82) is 0 Å². The minimum Gasteiger partial charge on any atom is -0.497 e. The van der Waals surface area contributed by atoms with E-state index in [2.05, 4.69) is 26.2 Å². The Hall–Kier alpha value is -1.83. The third kappa shape index (κ3) is 4.05. The van der Waals surface area contributed by atoms with Crippen molar-refractivity contribution in [3.05, 3.63) is 16.7 Å². The zero-order chi connectivity index (χ0) is 18.4. The molecule has 7 nitrogen and oxygen atoms in total. The molecule has 1 aliphatic heterocycles. The summed E-state index contributed by atoms with van der Waals surface area (Å²) in [7, 11) is 1.54. The first-order valence-corrected chi connectivity index (χ1v) is 9.01. The fourth-order valence-corrected chi connectivity index (χ4v) is 3.55. The summed E-state index contributed by atoms with van der Waals surface area (Å²) in [6.07, 6.45) is 1.16. The van der Waals surface area contributed by atoms with Gasteiger partial charge in [-0.2, -0.15) is 0 Å². The van der Waals surface area contributed by atoms with E-state index in [1.54, 1.807) is 24.1 Å². The molecule has 1 N–H and O–H groups in total. The number of carbonyl (C=O) groups is 2. The van der Waals surface area contributed by atoms with Crippen LogP contribution in [0.1, 0.15) is 33.6 Å². The van der Waals surface area contributed by atoms with Crippen molar-refractivity contribution in [2.45, 2.75) is 51.3 Å². The molecular weight excluding hydrogens is 390 g/mol. The van der Waals surface area contributed by atoms with E-state index >= 15 is 0 Å². The first-order valence-electron chi connectivity index (χ1n) is 8.21. The Morgan fingerprint density at radius 2 is 2.04 bits per heavy atom. The average Bonchev–Trinajstić information content (AvgIpc) is 3.14. The fraction of sp³-hybridized carbons (Fsp3) is 0.588. The van der Waals surface area contributed by atoms with Crippen LogP contribution in [0.25, 0.3) is 0 Å². The second-order valence-electron chi connectivity index (χ2n) is 7.41. The zero-order valence-electron chi connectivity index (χ0n) is 14.7. The number of methoxy groups -OCH3 is 1. The Morgan fingerprint density at radius 3 is 2.68 bits per heavy atom. The van der Waals surface area contributed by atoms with Crippen LogP contribution in [0.4, 0.5) is 10.6 Å². The maximum atomic E-state index is 12.7. The quantitative estimate of drug-likeness (QED) is 0.772. The number of hydrogen-bond acceptors (Lipinski definition) is 5. The molecule has 25 heavy (non-hydrogen) atoms. The molecule has 0 bridgehead atoms. The highest BCUT2D eigenvalue weighted by Crippen LogP contribution is 2.48. The molecule has 2 fully saturated rings. The van der Waals surface area contributed by atoms with Crippen molar-refractivity contribution in [3.8, 4) is 5.75 Å². The lowest BCUT2D eigenvalue weighted by atomic mass is 10.1. The number of nitrogens with zero attached hydrogens (tertiary/aromatic N) is 2. The third-order valence-electron chi connectivity index (χ3n) is 4.27. The topological polar surface area (TPSA) is 80.8 Å². The van der Waals surface area contributed by atoms with E-state index in [9.17, 15) is 9.59 Å². The van der Waals surface area contributed by atoms with Crippen molar-refractivity contribution < 1.29 is 19.1 Å². The van der Waals surface area contributed by atoms with Crippen molar-refractivity contribution in [1.82, 2.24) is 9.88 Å². The first kappa shape index (κ1) is 18.0. The molecule has 1 aromatic heterocycles. The lowest BCUT2D eigenvalue weighted by Gasteiger charge is -2.29. The van der Waals surface area contributed by atoms with Crippen molar-refractivity contribution in [2.75, 3.05) is 12.4 Å². The Balaban J connectivity index is 1.73. The van der Waals surface area contributed by atoms with Gasteiger partial charge < -0.3 is 14.8 Å². The molecule has 1 aromatic rings. The number of piperidine rings is 1. The minimum atomic E-state index is -0.593. The number of amides is 2. The molecule has 8 heteroatoms. The van der Waals surface area contributed by atoms with E-state index in [1.165, 1.54) is 0 Å². The van der Waals surface area contributed by atoms with Gasteiger partial charge in [0, 0.05) is 18.2 Å². The summed E-state index contributed by atoms with van der Waals surface area (Å²) >= 11 is 3.29. The molecule has 0 spiro atoms. The van der Waals surface area contributed by atoms with Crippen LogP contribution in [0.2, 0.25) is 0 Å². The van der Waals surface area contributed by atoms with Gasteiger partial charge in [-0.3, -0.25) is 9.69 Å². The molecule has 2 heterocycles. The second kappa shape index (κ2) is 6.48. The number of carbonyl (C=O) groups excluding carboxylic acids is 2. The van der Waals surface area contributed by atoms with E-state index in [0.29, 0.717) is 28.5 Å². The van der Waals surface area contributed by atoms with Crippen LogP contribution in [-0.2, 0) is 9.53 Å². The maximum Gasteiger partial charge on any atom is 0.411 e. The van der Waals surface area contributed by atoms with E-state index < -0.39 is 17.7 Å². The largest absolute Gasteiger partial charge is 0.497 e. The van der Waals surface area contributed by atoms with Crippen molar-refractivity contribution in [2.24, 2.45) is 5.92 Å². The molecule has 0 aromatic carbocycles. The molecule has 1 aliphatic carbocycles. The predicted molar refractivity (Wildman–Crippen MR) is 95.5 cm³/mol. The van der Waals surface area contributed by atoms with Gasteiger partial charge in [0.1, 0.15) is 27.8 Å². The van der Waals surface area contributed by atoms with Crippen molar-refractivity contribution in [3.63, 3.8) is 0 Å². The summed E-state index contributed by atoms with van der Waals surface area (Å²) in [5.41, 5.74) is -0.593. The number of likely N-dealkylation sites (tertiary alicyclic amines) is 1. The van der Waals surface area contributed by atoms with E-state index in [1.807, 2.05) is 20.8 Å². The Kier molecular flexibility index (Phi) is 4.66. The third-order valence-corrected chi connectivity index (χ3v) is 4.67. The highest BCUT2D eigenvalue weighted by Gasteiger charge is 2.57. The molecule has 1 saturated carbocycles. The Labute approximate surface area is 155 Å². The summed E-state index contributed by atoms with van der Waals surface area (Å²) < 4.78 is 11.2. The van der Waals surface area contributed by atoms with Gasteiger partial charge in [-0.1, -0.05) is 0 Å². The lowest BCUT2D eigenvalue weighted by Crippen LogP contribution is -2.47. The van der Waals surface area contributed by atoms with E-state index in [4.69, 9.17) is 9.47 Å². The molecule has 136 valence electrons. The van der Waals surface area contributed by atoms with Gasteiger partial charge in [0.15, 0.2) is 0 Å². The van der Waals surface area contributed by atoms with E-state index in [0.717, 1.165) is 6.42 Å². The number of pyridine rings is 1. The lowest BCUT2D eigenvalue weighted by molar-refractivity contribution is -0.121. The normalized spacial score (nSPS) is 24.5. The van der Waals surface area contributed by atoms with Gasteiger partial charge >= 0.3 is 6.09 Å². The summed E-state index contributed by atoms with van der Waals surface area (Å²) in [5, 5.41) is 2.78. The highest BCUT2D eigenvalue weighted by atomic mass is 79.9. The van der Waals surface area contributed by atoms with Gasteiger partial charge in [-0.25, -0.2) is 9.78 Å². The molecule has 2 aliphatic rings. The molecular formula is C17H22BrN3O4. The monoisotopic (exact) mass is 411 g/mol. The number of halogens is 1. The second-order valence-corrected chi connectivity index (χ2v) is 8.22. The molecule has 3 rings (SSSR count). The van der Waals surface area contributed by atoms with Crippen LogP contribution in [0.3, 0.4) is 0 Å². The Bertz CT molecular complexity index is 704. The summed E-state index contributed by atoms with van der Waals surface area (Å²) in [6.45, 7) is 5.45. The number of aromatic nitrogens is 1. The number of ether oxygens (including phenoxy) is 2. The van der Waals surface area contributed by atoms with Crippen LogP contribution >= 0.6 is 15.9 Å². The summed E-state index contributed by atoms with van der Waals surface area (Å²) in [5.74, 6) is 1.08. The minimum absolute atomic E-state index is 0.107. The molecule has 0 unspecified atom stereocenters. The standard InChI is InChI=1S/C17H22BrN3O4/c1-17(2,3)25-16(23)21-11-5-9(11)6-12(21)15(22)20-14-8-10(24-4)7-13(18)19-14/h7-9,11-12H,5-6H2,1-4H3,(H,19,20,22)/t9-,11-,12+/m1/s1. The molecule has 2 amide bonds.